The molecule has 0 spiro atoms. The van der Waals surface area contributed by atoms with E-state index in [0.29, 0.717) is 13.1 Å². The number of aliphatic hydroxyl groups excluding tert-OH is 1. The number of ether oxygens (including phenoxy) is 1. The summed E-state index contributed by atoms with van der Waals surface area (Å²) in [7, 11) is -1.22. The molecule has 0 aromatic heterocycles. The summed E-state index contributed by atoms with van der Waals surface area (Å²) in [5.41, 5.74) is -0.534. The van der Waals surface area contributed by atoms with Gasteiger partial charge in [0.15, 0.2) is 9.04 Å². The third-order valence-electron chi connectivity index (χ3n) is 4.04. The molecule has 0 aromatic rings. The number of likely N-dealkylation sites (tertiary alicyclic amines) is 1. The number of amides is 1. The van der Waals surface area contributed by atoms with E-state index >= 15 is 0 Å². The van der Waals surface area contributed by atoms with Gasteiger partial charge in [-0.3, -0.25) is 0 Å². The van der Waals surface area contributed by atoms with Crippen molar-refractivity contribution in [1.29, 1.82) is 0 Å². The number of nitrogens with zero attached hydrogens (tertiary/aromatic N) is 1. The second-order valence-corrected chi connectivity index (χ2v) is 11.3. The normalized spacial score (nSPS) is 24.2. The van der Waals surface area contributed by atoms with Gasteiger partial charge in [-0.2, -0.15) is 0 Å². The average Bonchev–Trinajstić information content (AvgIpc) is 2.76. The lowest BCUT2D eigenvalue weighted by Gasteiger charge is -2.38. The van der Waals surface area contributed by atoms with Crippen molar-refractivity contribution in [3.63, 3.8) is 0 Å². The summed E-state index contributed by atoms with van der Waals surface area (Å²) >= 11 is 0. The fourth-order valence-electron chi connectivity index (χ4n) is 3.15. The van der Waals surface area contributed by atoms with Crippen LogP contribution in [0.4, 0.5) is 4.79 Å². The van der Waals surface area contributed by atoms with Gasteiger partial charge in [-0.15, -0.1) is 0 Å². The molecule has 5 nitrogen and oxygen atoms in total. The van der Waals surface area contributed by atoms with Crippen molar-refractivity contribution in [3.8, 4) is 0 Å². The molecule has 136 valence electrons. The lowest BCUT2D eigenvalue weighted by atomic mass is 9.77. The smallest absolute Gasteiger partial charge is 0.410 e. The minimum atomic E-state index is -1.22. The van der Waals surface area contributed by atoms with Crippen molar-refractivity contribution in [1.82, 2.24) is 4.90 Å². The van der Waals surface area contributed by atoms with Gasteiger partial charge < -0.3 is 19.2 Å². The zero-order chi connectivity index (χ0) is 18.0. The Morgan fingerprint density at radius 3 is 2.17 bits per heavy atom. The Kier molecular flexibility index (Phi) is 6.70. The Morgan fingerprint density at radius 1 is 1.22 bits per heavy atom. The lowest BCUT2D eigenvalue weighted by Crippen LogP contribution is -2.43. The molecule has 0 radical (unpaired) electrons. The molecule has 0 saturated carbocycles. The van der Waals surface area contributed by atoms with E-state index < -0.39 is 14.6 Å². The fraction of sp³-hybridized carbons (Fsp3) is 0.941. The van der Waals surface area contributed by atoms with Crippen molar-refractivity contribution in [2.24, 2.45) is 17.3 Å². The fourth-order valence-corrected chi connectivity index (χ4v) is 4.35. The number of carbonyl (C=O) groups is 1. The zero-order valence-electron chi connectivity index (χ0n) is 16.0. The van der Waals surface area contributed by atoms with E-state index in [1.807, 2.05) is 20.8 Å². The summed E-state index contributed by atoms with van der Waals surface area (Å²) in [5.74, 6) is 0.182. The number of carbonyl (C=O) groups excluding carboxylic acids is 1. The first-order chi connectivity index (χ1) is 10.3. The minimum Gasteiger partial charge on any atom is -0.444 e. The highest BCUT2D eigenvalue weighted by Gasteiger charge is 2.45. The molecule has 3 unspecified atom stereocenters. The Morgan fingerprint density at radius 2 is 1.78 bits per heavy atom. The van der Waals surface area contributed by atoms with Crippen molar-refractivity contribution in [2.75, 3.05) is 19.7 Å². The topological polar surface area (TPSA) is 59.0 Å². The first-order valence-corrected chi connectivity index (χ1v) is 11.4. The lowest BCUT2D eigenvalue weighted by molar-refractivity contribution is 0.00867. The summed E-state index contributed by atoms with van der Waals surface area (Å²) in [4.78, 5) is 14.1. The predicted molar refractivity (Wildman–Crippen MR) is 95.1 cm³/mol. The second-order valence-electron chi connectivity index (χ2n) is 8.96. The molecular formula is C17H35NO4Si. The molecule has 1 fully saturated rings. The maximum Gasteiger partial charge on any atom is 0.410 e. The molecule has 1 N–H and O–H groups in total. The predicted octanol–water partition coefficient (Wildman–Crippen LogP) is 2.88. The quantitative estimate of drug-likeness (QED) is 0.796. The van der Waals surface area contributed by atoms with Gasteiger partial charge in [0.1, 0.15) is 5.60 Å². The van der Waals surface area contributed by atoms with E-state index in [2.05, 4.69) is 33.9 Å². The summed E-state index contributed by atoms with van der Waals surface area (Å²) in [6.07, 6.45) is -0.258. The van der Waals surface area contributed by atoms with E-state index in [1.165, 1.54) is 0 Å². The van der Waals surface area contributed by atoms with Crippen molar-refractivity contribution < 1.29 is 19.1 Å². The van der Waals surface area contributed by atoms with Crippen LogP contribution in [0.15, 0.2) is 0 Å². The minimum absolute atomic E-state index is 0.0285. The first-order valence-electron chi connectivity index (χ1n) is 8.59. The number of hydrogen-bond donors (Lipinski definition) is 1. The Bertz CT molecular complexity index is 400. The molecule has 3 atom stereocenters. The van der Waals surface area contributed by atoms with E-state index in [4.69, 9.17) is 9.16 Å². The molecule has 0 aliphatic carbocycles. The number of rotatable bonds is 4. The van der Waals surface area contributed by atoms with Gasteiger partial charge in [0.05, 0.1) is 6.10 Å². The van der Waals surface area contributed by atoms with Gasteiger partial charge in [0.2, 0.25) is 0 Å². The van der Waals surface area contributed by atoms with E-state index in [-0.39, 0.29) is 36.1 Å². The maximum atomic E-state index is 12.4. The Hall–Kier alpha value is -0.593. The molecule has 0 aromatic carbocycles. The summed E-state index contributed by atoms with van der Waals surface area (Å²) in [6.45, 7) is 17.6. The van der Waals surface area contributed by atoms with Crippen LogP contribution in [0, 0.1) is 17.3 Å². The van der Waals surface area contributed by atoms with E-state index in [0.717, 1.165) is 0 Å². The van der Waals surface area contributed by atoms with Gasteiger partial charge in [-0.25, -0.2) is 4.79 Å². The number of aliphatic hydroxyl groups is 1. The van der Waals surface area contributed by atoms with Crippen LogP contribution < -0.4 is 0 Å². The van der Waals surface area contributed by atoms with Crippen LogP contribution in [-0.4, -0.2) is 56.5 Å². The van der Waals surface area contributed by atoms with Gasteiger partial charge >= 0.3 is 6.09 Å². The van der Waals surface area contributed by atoms with Crippen LogP contribution >= 0.6 is 0 Å². The molecule has 1 heterocycles. The highest BCUT2D eigenvalue weighted by molar-refractivity contribution is 6.48. The molecule has 1 saturated heterocycles. The summed E-state index contributed by atoms with van der Waals surface area (Å²) < 4.78 is 11.8. The van der Waals surface area contributed by atoms with Gasteiger partial charge in [0.25, 0.3) is 0 Å². The van der Waals surface area contributed by atoms with Crippen LogP contribution in [0.1, 0.15) is 41.5 Å². The summed E-state index contributed by atoms with van der Waals surface area (Å²) in [5, 5.41) is 9.79. The summed E-state index contributed by atoms with van der Waals surface area (Å²) in [6, 6.07) is 0. The second kappa shape index (κ2) is 7.53. The van der Waals surface area contributed by atoms with Gasteiger partial charge in [-0.05, 0) is 39.3 Å². The Balaban J connectivity index is 2.90. The van der Waals surface area contributed by atoms with E-state index in [1.54, 1.807) is 4.90 Å². The Labute approximate surface area is 143 Å². The molecule has 1 aliphatic rings. The van der Waals surface area contributed by atoms with Crippen LogP contribution in [0.2, 0.25) is 13.1 Å². The van der Waals surface area contributed by atoms with Crippen molar-refractivity contribution in [2.45, 2.75) is 66.3 Å². The molecule has 6 heteroatoms. The monoisotopic (exact) mass is 345 g/mol. The highest BCUT2D eigenvalue weighted by Crippen LogP contribution is 2.37. The largest absolute Gasteiger partial charge is 0.444 e. The molecular weight excluding hydrogens is 310 g/mol. The molecule has 1 aliphatic heterocycles. The molecule has 1 rings (SSSR count). The van der Waals surface area contributed by atoms with Crippen LogP contribution in [0.3, 0.4) is 0 Å². The average molecular weight is 346 g/mol. The van der Waals surface area contributed by atoms with Gasteiger partial charge in [-0.1, -0.05) is 20.8 Å². The first kappa shape index (κ1) is 20.5. The van der Waals surface area contributed by atoms with E-state index in [9.17, 15) is 9.90 Å². The third kappa shape index (κ3) is 6.08. The van der Waals surface area contributed by atoms with Crippen LogP contribution in [0.25, 0.3) is 0 Å². The zero-order valence-corrected chi connectivity index (χ0v) is 17.2. The maximum absolute atomic E-state index is 12.4. The van der Waals surface area contributed by atoms with Crippen LogP contribution in [-0.2, 0) is 9.16 Å². The highest BCUT2D eigenvalue weighted by atomic mass is 28.3. The van der Waals surface area contributed by atoms with Crippen LogP contribution in [0.5, 0.6) is 0 Å². The molecule has 0 bridgehead atoms. The molecule has 23 heavy (non-hydrogen) atoms. The van der Waals surface area contributed by atoms with Gasteiger partial charge in [0, 0.05) is 31.5 Å². The van der Waals surface area contributed by atoms with Crippen molar-refractivity contribution in [3.05, 3.63) is 0 Å². The number of hydrogen-bond acceptors (Lipinski definition) is 4. The van der Waals surface area contributed by atoms with Crippen molar-refractivity contribution >= 4 is 15.1 Å². The molecule has 1 amide bonds. The SMILES string of the molecule is C[SiH](C)OC(C1CN(C(=O)OC(C)(C)C)CC1CO)C(C)(C)C. The third-order valence-corrected chi connectivity index (χ3v) is 4.88. The standard InChI is InChI=1S/C17H35NO4Si/c1-16(2,3)14(22-23(7)8)13-10-18(9-12(13)11-19)15(20)21-17(4,5)6/h12-14,19,23H,9-11H2,1-8H3.